The summed E-state index contributed by atoms with van der Waals surface area (Å²) in [5.41, 5.74) is 2.03. The van der Waals surface area contributed by atoms with E-state index >= 15 is 0 Å². The SMILES string of the molecule is CC(C)(C)C(=O)Nc1nc2ccc3ccc(CNc4ccc5c(c4)CN([C@@H](CCC(=O)O)C(=O)O)C5=O)cc3c2c(=O)[nH]1. The van der Waals surface area contributed by atoms with Gasteiger partial charge in [0, 0.05) is 36.2 Å². The Balaban J connectivity index is 1.35. The Bertz CT molecular complexity index is 1860. The van der Waals surface area contributed by atoms with Crippen LogP contribution in [0, 0.1) is 5.41 Å². The summed E-state index contributed by atoms with van der Waals surface area (Å²) in [6, 6.07) is 13.2. The van der Waals surface area contributed by atoms with Gasteiger partial charge in [0.15, 0.2) is 0 Å². The number of carbonyl (C=O) groups is 4. The number of nitrogens with one attached hydrogen (secondary N) is 3. The summed E-state index contributed by atoms with van der Waals surface area (Å²) in [7, 11) is 0. The number of amides is 2. The average Bonchev–Trinajstić information content (AvgIpc) is 3.25. The number of aromatic nitrogens is 2. The molecule has 0 bridgehead atoms. The normalized spacial score (nSPS) is 13.7. The molecule has 12 heteroatoms. The number of benzene rings is 3. The zero-order valence-corrected chi connectivity index (χ0v) is 23.9. The van der Waals surface area contributed by atoms with Crippen molar-refractivity contribution in [1.82, 2.24) is 14.9 Å². The van der Waals surface area contributed by atoms with E-state index in [2.05, 4.69) is 20.6 Å². The molecular formula is C31H31N5O7. The van der Waals surface area contributed by atoms with Crippen molar-refractivity contribution in [2.24, 2.45) is 5.41 Å². The highest BCUT2D eigenvalue weighted by Crippen LogP contribution is 2.30. The van der Waals surface area contributed by atoms with Crippen molar-refractivity contribution in [3.8, 4) is 0 Å². The number of fused-ring (bicyclic) bond motifs is 4. The largest absolute Gasteiger partial charge is 0.481 e. The second kappa shape index (κ2) is 11.2. The van der Waals surface area contributed by atoms with Crippen LogP contribution in [0.15, 0.2) is 53.3 Å². The molecular weight excluding hydrogens is 554 g/mol. The van der Waals surface area contributed by atoms with Crippen molar-refractivity contribution in [3.05, 3.63) is 75.6 Å². The van der Waals surface area contributed by atoms with Crippen LogP contribution in [-0.2, 0) is 27.5 Å². The minimum Gasteiger partial charge on any atom is -0.481 e. The number of aliphatic carboxylic acids is 2. The van der Waals surface area contributed by atoms with Gasteiger partial charge in [0.1, 0.15) is 6.04 Å². The fourth-order valence-electron chi connectivity index (χ4n) is 5.05. The molecule has 2 heterocycles. The minimum atomic E-state index is -1.25. The Morgan fingerprint density at radius 2 is 1.79 bits per heavy atom. The van der Waals surface area contributed by atoms with E-state index in [9.17, 15) is 29.1 Å². The molecule has 0 radical (unpaired) electrons. The maximum absolute atomic E-state index is 13.1. The Kier molecular flexibility index (Phi) is 7.61. The predicted octanol–water partition coefficient (Wildman–Crippen LogP) is 3.95. The molecule has 0 saturated carbocycles. The Morgan fingerprint density at radius 1 is 1.05 bits per heavy atom. The molecule has 1 aromatic heterocycles. The first-order valence-corrected chi connectivity index (χ1v) is 13.7. The van der Waals surface area contributed by atoms with Crippen LogP contribution >= 0.6 is 0 Å². The monoisotopic (exact) mass is 585 g/mol. The summed E-state index contributed by atoms with van der Waals surface area (Å²) in [6.07, 6.45) is -0.542. The van der Waals surface area contributed by atoms with Gasteiger partial charge in [-0.15, -0.1) is 0 Å². The second-order valence-electron chi connectivity index (χ2n) is 11.6. The number of nitrogens with zero attached hydrogens (tertiary/aromatic N) is 2. The third-order valence-corrected chi connectivity index (χ3v) is 7.40. The van der Waals surface area contributed by atoms with Crippen LogP contribution in [0.5, 0.6) is 0 Å². The minimum absolute atomic E-state index is 0.0657. The lowest BCUT2D eigenvalue weighted by Crippen LogP contribution is -2.41. The highest BCUT2D eigenvalue weighted by molar-refractivity contribution is 6.06. The molecule has 0 saturated heterocycles. The fraction of sp³-hybridized carbons (Fsp3) is 0.290. The maximum Gasteiger partial charge on any atom is 0.326 e. The molecule has 0 fully saturated rings. The number of rotatable bonds is 9. The summed E-state index contributed by atoms with van der Waals surface area (Å²) in [4.78, 5) is 69.4. The van der Waals surface area contributed by atoms with Gasteiger partial charge in [0.2, 0.25) is 11.9 Å². The smallest absolute Gasteiger partial charge is 0.326 e. The summed E-state index contributed by atoms with van der Waals surface area (Å²) in [5, 5.41) is 26.5. The number of hydrogen-bond donors (Lipinski definition) is 5. The van der Waals surface area contributed by atoms with Crippen molar-refractivity contribution < 1.29 is 29.4 Å². The van der Waals surface area contributed by atoms with Gasteiger partial charge in [-0.3, -0.25) is 29.5 Å². The number of carbonyl (C=O) groups excluding carboxylic acids is 2. The van der Waals surface area contributed by atoms with E-state index < -0.39 is 29.3 Å². The summed E-state index contributed by atoms with van der Waals surface area (Å²) >= 11 is 0. The van der Waals surface area contributed by atoms with Gasteiger partial charge in [0.25, 0.3) is 11.5 Å². The van der Waals surface area contributed by atoms with Gasteiger partial charge in [-0.1, -0.05) is 39.0 Å². The van der Waals surface area contributed by atoms with E-state index in [0.717, 1.165) is 10.9 Å². The number of H-pyrrole nitrogens is 1. The molecule has 222 valence electrons. The molecule has 12 nitrogen and oxygen atoms in total. The molecule has 1 atom stereocenters. The van der Waals surface area contributed by atoms with Crippen LogP contribution < -0.4 is 16.2 Å². The molecule has 2 amide bonds. The molecule has 0 unspecified atom stereocenters. The van der Waals surface area contributed by atoms with Gasteiger partial charge >= 0.3 is 11.9 Å². The van der Waals surface area contributed by atoms with Crippen LogP contribution in [0.4, 0.5) is 11.6 Å². The number of carboxylic acids is 2. The molecule has 43 heavy (non-hydrogen) atoms. The quantitative estimate of drug-likeness (QED) is 0.182. The van der Waals surface area contributed by atoms with E-state index in [0.29, 0.717) is 39.6 Å². The summed E-state index contributed by atoms with van der Waals surface area (Å²) in [6.45, 7) is 5.75. The van der Waals surface area contributed by atoms with E-state index in [-0.39, 0.29) is 36.8 Å². The first kappa shape index (κ1) is 29.2. The Morgan fingerprint density at radius 3 is 2.49 bits per heavy atom. The van der Waals surface area contributed by atoms with Gasteiger partial charge < -0.3 is 20.4 Å². The molecule has 0 aliphatic carbocycles. The maximum atomic E-state index is 13.1. The lowest BCUT2D eigenvalue weighted by Gasteiger charge is -2.23. The molecule has 0 spiro atoms. The fourth-order valence-corrected chi connectivity index (χ4v) is 5.05. The standard InChI is InChI=1S/C31H31N5O7/c1-31(2,3)29(43)35-30-33-22-9-6-17-5-4-16(12-21(17)25(22)26(39)34-30)14-32-19-7-8-20-18(13-19)15-36(27(20)40)23(28(41)42)10-11-24(37)38/h4-9,12-13,23,32H,10-11,14-15H2,1-3H3,(H,37,38)(H,41,42)(H2,33,34,35,39,43)/t23-/m0/s1. The molecule has 1 aliphatic heterocycles. The highest BCUT2D eigenvalue weighted by Gasteiger charge is 2.36. The summed E-state index contributed by atoms with van der Waals surface area (Å²) in [5.74, 6) is -3.00. The number of anilines is 2. The highest BCUT2D eigenvalue weighted by atomic mass is 16.4. The number of aromatic amines is 1. The van der Waals surface area contributed by atoms with Crippen LogP contribution in [0.3, 0.4) is 0 Å². The van der Waals surface area contributed by atoms with E-state index in [1.165, 1.54) is 4.90 Å². The lowest BCUT2D eigenvalue weighted by molar-refractivity contribution is -0.143. The summed E-state index contributed by atoms with van der Waals surface area (Å²) < 4.78 is 0. The van der Waals surface area contributed by atoms with Crippen LogP contribution in [-0.4, -0.2) is 54.9 Å². The molecule has 3 aromatic carbocycles. The van der Waals surface area contributed by atoms with Crippen molar-refractivity contribution >= 4 is 57.1 Å². The first-order chi connectivity index (χ1) is 20.3. The zero-order valence-electron chi connectivity index (χ0n) is 23.9. The van der Waals surface area contributed by atoms with Crippen LogP contribution in [0.25, 0.3) is 21.7 Å². The predicted molar refractivity (Wildman–Crippen MR) is 160 cm³/mol. The number of hydrogen-bond acceptors (Lipinski definition) is 7. The molecule has 4 aromatic rings. The topological polar surface area (TPSA) is 182 Å². The Labute approximate surface area is 245 Å². The van der Waals surface area contributed by atoms with Crippen LogP contribution in [0.2, 0.25) is 0 Å². The molecule has 1 aliphatic rings. The van der Waals surface area contributed by atoms with Crippen molar-refractivity contribution in [2.75, 3.05) is 10.6 Å². The average molecular weight is 586 g/mol. The van der Waals surface area contributed by atoms with Crippen molar-refractivity contribution in [2.45, 2.75) is 52.7 Å². The van der Waals surface area contributed by atoms with Gasteiger partial charge in [-0.25, -0.2) is 9.78 Å². The van der Waals surface area contributed by atoms with Gasteiger partial charge in [0.05, 0.1) is 10.9 Å². The van der Waals surface area contributed by atoms with Crippen molar-refractivity contribution in [1.29, 1.82) is 0 Å². The third kappa shape index (κ3) is 6.03. The van der Waals surface area contributed by atoms with Crippen molar-refractivity contribution in [3.63, 3.8) is 0 Å². The lowest BCUT2D eigenvalue weighted by atomic mass is 9.96. The van der Waals surface area contributed by atoms with Crippen LogP contribution in [0.1, 0.15) is 55.1 Å². The molecule has 5 N–H and O–H groups in total. The van der Waals surface area contributed by atoms with E-state index in [4.69, 9.17) is 5.11 Å². The zero-order chi connectivity index (χ0) is 31.1. The third-order valence-electron chi connectivity index (χ3n) is 7.40. The molecule has 5 rings (SSSR count). The number of carboxylic acid groups (broad SMARTS) is 2. The Hall–Kier alpha value is -5.26. The van der Waals surface area contributed by atoms with E-state index in [1.54, 1.807) is 45.0 Å². The second-order valence-corrected chi connectivity index (χ2v) is 11.6. The first-order valence-electron chi connectivity index (χ1n) is 13.7. The van der Waals surface area contributed by atoms with Gasteiger partial charge in [-0.2, -0.15) is 0 Å². The van der Waals surface area contributed by atoms with E-state index in [1.807, 2.05) is 24.3 Å². The van der Waals surface area contributed by atoms with Gasteiger partial charge in [-0.05, 0) is 58.7 Å².